The van der Waals surface area contributed by atoms with Gasteiger partial charge in [0.1, 0.15) is 0 Å². The van der Waals surface area contributed by atoms with Crippen LogP contribution >= 0.6 is 11.8 Å². The predicted octanol–water partition coefficient (Wildman–Crippen LogP) is 3.68. The van der Waals surface area contributed by atoms with Gasteiger partial charge in [0, 0.05) is 11.8 Å². The minimum absolute atomic E-state index is 0.198. The van der Waals surface area contributed by atoms with Crippen LogP contribution in [0.5, 0.6) is 0 Å². The summed E-state index contributed by atoms with van der Waals surface area (Å²) in [5.41, 5.74) is 2.57. The van der Waals surface area contributed by atoms with Crippen LogP contribution in [0.2, 0.25) is 0 Å². The van der Waals surface area contributed by atoms with Gasteiger partial charge in [-0.15, -0.1) is 11.8 Å². The summed E-state index contributed by atoms with van der Waals surface area (Å²) in [4.78, 5) is 11.8. The number of amides is 1. The molecular weight excluding hydrogens is 254 g/mol. The minimum atomic E-state index is 0.198. The molecule has 19 heavy (non-hydrogen) atoms. The average Bonchev–Trinajstić information content (AvgIpc) is 2.42. The van der Waals surface area contributed by atoms with E-state index in [0.717, 1.165) is 18.6 Å². The summed E-state index contributed by atoms with van der Waals surface area (Å²) in [6.07, 6.45) is 6.18. The summed E-state index contributed by atoms with van der Waals surface area (Å²) < 4.78 is 0. The van der Waals surface area contributed by atoms with Crippen molar-refractivity contribution in [3.8, 4) is 0 Å². The predicted molar refractivity (Wildman–Crippen MR) is 82.4 cm³/mol. The van der Waals surface area contributed by atoms with E-state index in [1.807, 2.05) is 0 Å². The van der Waals surface area contributed by atoms with Crippen molar-refractivity contribution in [3.05, 3.63) is 35.4 Å². The van der Waals surface area contributed by atoms with Gasteiger partial charge in [-0.3, -0.25) is 4.79 Å². The molecule has 0 aliphatic heterocycles. The molecule has 1 saturated carbocycles. The summed E-state index contributed by atoms with van der Waals surface area (Å²) in [5.74, 6) is 1.69. The number of benzene rings is 1. The zero-order valence-electron chi connectivity index (χ0n) is 11.7. The van der Waals surface area contributed by atoms with Crippen LogP contribution in [0.1, 0.15) is 43.2 Å². The zero-order valence-corrected chi connectivity index (χ0v) is 12.5. The third kappa shape index (κ3) is 5.27. The molecule has 3 heteroatoms. The molecule has 1 aromatic rings. The number of rotatable bonds is 5. The smallest absolute Gasteiger partial charge is 0.230 e. The van der Waals surface area contributed by atoms with Crippen LogP contribution in [-0.2, 0) is 10.5 Å². The van der Waals surface area contributed by atoms with Crippen molar-refractivity contribution in [3.63, 3.8) is 0 Å². The van der Waals surface area contributed by atoms with Crippen LogP contribution in [0.15, 0.2) is 24.3 Å². The Morgan fingerprint density at radius 2 is 1.89 bits per heavy atom. The van der Waals surface area contributed by atoms with Gasteiger partial charge in [0.25, 0.3) is 0 Å². The molecule has 0 aromatic heterocycles. The number of carbonyl (C=O) groups is 1. The van der Waals surface area contributed by atoms with Crippen molar-refractivity contribution < 1.29 is 4.79 Å². The molecule has 2 nitrogen and oxygen atoms in total. The fraction of sp³-hybridized carbons (Fsp3) is 0.562. The lowest BCUT2D eigenvalue weighted by Crippen LogP contribution is -2.37. The number of hydrogen-bond acceptors (Lipinski definition) is 2. The van der Waals surface area contributed by atoms with E-state index >= 15 is 0 Å². The lowest BCUT2D eigenvalue weighted by atomic mass is 9.95. The number of nitrogens with one attached hydrogen (secondary N) is 1. The molecule has 2 rings (SSSR count). The third-order valence-corrected chi connectivity index (χ3v) is 4.60. The summed E-state index contributed by atoms with van der Waals surface area (Å²) in [6, 6.07) is 8.96. The molecule has 104 valence electrons. The van der Waals surface area contributed by atoms with Gasteiger partial charge in [-0.05, 0) is 25.3 Å². The Labute approximate surface area is 120 Å². The highest BCUT2D eigenvalue weighted by molar-refractivity contribution is 7.99. The first kappa shape index (κ1) is 14.4. The van der Waals surface area contributed by atoms with E-state index in [4.69, 9.17) is 0 Å². The number of carbonyl (C=O) groups excluding carboxylic acids is 1. The first-order valence-electron chi connectivity index (χ1n) is 7.17. The Bertz CT molecular complexity index is 396. The number of hydrogen-bond donors (Lipinski definition) is 1. The van der Waals surface area contributed by atoms with Crippen LogP contribution < -0.4 is 5.32 Å². The van der Waals surface area contributed by atoms with E-state index in [0.29, 0.717) is 11.8 Å². The highest BCUT2D eigenvalue weighted by Gasteiger charge is 2.15. The monoisotopic (exact) mass is 277 g/mol. The Kier molecular flexibility index (Phi) is 5.77. The lowest BCUT2D eigenvalue weighted by Gasteiger charge is -2.22. The Hall–Kier alpha value is -0.960. The topological polar surface area (TPSA) is 29.1 Å². The van der Waals surface area contributed by atoms with Crippen LogP contribution in [0, 0.1) is 6.92 Å². The molecule has 0 atom stereocenters. The molecule has 0 spiro atoms. The maximum Gasteiger partial charge on any atom is 0.230 e. The highest BCUT2D eigenvalue weighted by atomic mass is 32.2. The normalized spacial score (nSPS) is 16.3. The summed E-state index contributed by atoms with van der Waals surface area (Å²) >= 11 is 1.70. The van der Waals surface area contributed by atoms with Crippen molar-refractivity contribution in [1.29, 1.82) is 0 Å². The van der Waals surface area contributed by atoms with E-state index in [9.17, 15) is 4.79 Å². The lowest BCUT2D eigenvalue weighted by molar-refractivity contribution is -0.119. The molecule has 1 N–H and O–H groups in total. The Morgan fingerprint density at radius 1 is 1.21 bits per heavy atom. The van der Waals surface area contributed by atoms with Gasteiger partial charge in [0.05, 0.1) is 5.75 Å². The van der Waals surface area contributed by atoms with Gasteiger partial charge in [0.2, 0.25) is 5.91 Å². The number of aryl methyl sites for hydroxylation is 1. The average molecular weight is 277 g/mol. The van der Waals surface area contributed by atoms with Gasteiger partial charge in [-0.25, -0.2) is 0 Å². The second-order valence-corrected chi connectivity index (χ2v) is 6.37. The van der Waals surface area contributed by atoms with E-state index in [-0.39, 0.29) is 5.91 Å². The van der Waals surface area contributed by atoms with Crippen molar-refractivity contribution in [2.45, 2.75) is 50.8 Å². The third-order valence-electron chi connectivity index (χ3n) is 3.59. The van der Waals surface area contributed by atoms with E-state index in [1.54, 1.807) is 11.8 Å². The molecule has 1 aliphatic carbocycles. The Balaban J connectivity index is 1.64. The minimum Gasteiger partial charge on any atom is -0.353 e. The van der Waals surface area contributed by atoms with Crippen molar-refractivity contribution in [2.75, 3.05) is 5.75 Å². The quantitative estimate of drug-likeness (QED) is 0.889. The van der Waals surface area contributed by atoms with Crippen molar-refractivity contribution >= 4 is 17.7 Å². The molecule has 0 heterocycles. The van der Waals surface area contributed by atoms with Crippen LogP contribution in [0.25, 0.3) is 0 Å². The summed E-state index contributed by atoms with van der Waals surface area (Å²) in [7, 11) is 0. The molecule has 1 fully saturated rings. The van der Waals surface area contributed by atoms with Crippen molar-refractivity contribution in [2.24, 2.45) is 0 Å². The highest BCUT2D eigenvalue weighted by Crippen LogP contribution is 2.18. The maximum absolute atomic E-state index is 11.8. The molecule has 1 amide bonds. The SMILES string of the molecule is Cc1ccc(CSCC(=O)NC2CCCCC2)cc1. The van der Waals surface area contributed by atoms with Crippen LogP contribution in [-0.4, -0.2) is 17.7 Å². The molecule has 1 aromatic carbocycles. The fourth-order valence-electron chi connectivity index (χ4n) is 2.46. The Morgan fingerprint density at radius 3 is 2.58 bits per heavy atom. The second kappa shape index (κ2) is 7.59. The molecule has 0 unspecified atom stereocenters. The van der Waals surface area contributed by atoms with E-state index in [2.05, 4.69) is 36.5 Å². The van der Waals surface area contributed by atoms with Gasteiger partial charge in [-0.2, -0.15) is 0 Å². The molecule has 0 bridgehead atoms. The van der Waals surface area contributed by atoms with Crippen LogP contribution in [0.4, 0.5) is 0 Å². The first-order valence-corrected chi connectivity index (χ1v) is 8.32. The van der Waals surface area contributed by atoms with Gasteiger partial charge in [-0.1, -0.05) is 49.1 Å². The zero-order chi connectivity index (χ0) is 13.5. The summed E-state index contributed by atoms with van der Waals surface area (Å²) in [5, 5.41) is 3.15. The van der Waals surface area contributed by atoms with Gasteiger partial charge < -0.3 is 5.32 Å². The second-order valence-electron chi connectivity index (χ2n) is 5.38. The maximum atomic E-state index is 11.8. The van der Waals surface area contributed by atoms with Gasteiger partial charge >= 0.3 is 0 Å². The largest absolute Gasteiger partial charge is 0.353 e. The molecule has 1 aliphatic rings. The molecular formula is C16H23NOS. The summed E-state index contributed by atoms with van der Waals surface area (Å²) in [6.45, 7) is 2.09. The number of thioether (sulfide) groups is 1. The molecule has 0 saturated heterocycles. The van der Waals surface area contributed by atoms with E-state index in [1.165, 1.54) is 30.4 Å². The van der Waals surface area contributed by atoms with Crippen molar-refractivity contribution in [1.82, 2.24) is 5.32 Å². The fourth-order valence-corrected chi connectivity index (χ4v) is 3.26. The van der Waals surface area contributed by atoms with Crippen LogP contribution in [0.3, 0.4) is 0 Å². The van der Waals surface area contributed by atoms with E-state index < -0.39 is 0 Å². The van der Waals surface area contributed by atoms with Gasteiger partial charge in [0.15, 0.2) is 0 Å². The molecule has 0 radical (unpaired) electrons. The standard InChI is InChI=1S/C16H23NOS/c1-13-7-9-14(10-8-13)11-19-12-16(18)17-15-5-3-2-4-6-15/h7-10,15H,2-6,11-12H2,1H3,(H,17,18). The first-order chi connectivity index (χ1) is 9.24.